The molecule has 136 valence electrons. The first-order chi connectivity index (χ1) is 12.0. The predicted octanol–water partition coefficient (Wildman–Crippen LogP) is 3.67. The second kappa shape index (κ2) is 6.75. The molecule has 1 atom stereocenters. The van der Waals surface area contributed by atoms with Crippen molar-refractivity contribution < 1.29 is 9.59 Å². The van der Waals surface area contributed by atoms with Gasteiger partial charge in [0.25, 0.3) is 0 Å². The van der Waals surface area contributed by atoms with Crippen LogP contribution in [0.4, 0.5) is 0 Å². The van der Waals surface area contributed by atoms with Crippen molar-refractivity contribution in [1.29, 1.82) is 0 Å². The van der Waals surface area contributed by atoms with Crippen LogP contribution in [0.15, 0.2) is 16.8 Å². The molecule has 4 nitrogen and oxygen atoms in total. The Balaban J connectivity index is 1.44. The Morgan fingerprint density at radius 3 is 2.72 bits per heavy atom. The summed E-state index contributed by atoms with van der Waals surface area (Å²) in [5.41, 5.74) is 1.31. The van der Waals surface area contributed by atoms with E-state index in [4.69, 9.17) is 0 Å². The van der Waals surface area contributed by atoms with Crippen LogP contribution in [0.5, 0.6) is 0 Å². The van der Waals surface area contributed by atoms with E-state index in [1.165, 1.54) is 31.2 Å². The first kappa shape index (κ1) is 17.1. The highest BCUT2D eigenvalue weighted by molar-refractivity contribution is 7.07. The van der Waals surface area contributed by atoms with Crippen molar-refractivity contribution in [3.05, 3.63) is 22.4 Å². The number of hydrogen-bond donors (Lipinski definition) is 0. The third-order valence-electron chi connectivity index (χ3n) is 6.37. The Morgan fingerprint density at radius 1 is 1.32 bits per heavy atom. The summed E-state index contributed by atoms with van der Waals surface area (Å²) in [6.07, 6.45) is 7.74. The van der Waals surface area contributed by atoms with Crippen LogP contribution in [0.25, 0.3) is 0 Å². The molecule has 1 aromatic rings. The molecule has 2 saturated carbocycles. The average molecular weight is 361 g/mol. The molecule has 2 heterocycles. The third kappa shape index (κ3) is 3.62. The molecule has 0 unspecified atom stereocenters. The van der Waals surface area contributed by atoms with Gasteiger partial charge in [-0.2, -0.15) is 11.3 Å². The molecule has 2 amide bonds. The molecule has 0 radical (unpaired) electrons. The van der Waals surface area contributed by atoms with Gasteiger partial charge in [0.2, 0.25) is 11.8 Å². The Kier molecular flexibility index (Phi) is 4.61. The standard InChI is InChI=1S/C20H28N2O2S/c1-20(16-6-7-16)10-18(23)21(14-20)12-19(24)22(17-4-2-3-5-17)11-15-8-9-25-13-15/h8-9,13,16-17H,2-7,10-12,14H2,1H3/t20-/m1/s1. The molecule has 3 aliphatic rings. The van der Waals surface area contributed by atoms with E-state index in [-0.39, 0.29) is 23.8 Å². The summed E-state index contributed by atoms with van der Waals surface area (Å²) >= 11 is 1.68. The fourth-order valence-electron chi connectivity index (χ4n) is 4.71. The van der Waals surface area contributed by atoms with Crippen LogP contribution in [-0.2, 0) is 16.1 Å². The van der Waals surface area contributed by atoms with Crippen LogP contribution in [0.1, 0.15) is 57.4 Å². The van der Waals surface area contributed by atoms with Gasteiger partial charge in [-0.1, -0.05) is 19.8 Å². The van der Waals surface area contributed by atoms with Crippen LogP contribution in [-0.4, -0.2) is 40.7 Å². The van der Waals surface area contributed by atoms with Crippen molar-refractivity contribution in [2.45, 2.75) is 64.5 Å². The molecule has 4 rings (SSSR count). The van der Waals surface area contributed by atoms with Gasteiger partial charge in [-0.25, -0.2) is 0 Å². The maximum Gasteiger partial charge on any atom is 0.242 e. The van der Waals surface area contributed by atoms with Crippen molar-refractivity contribution in [2.75, 3.05) is 13.1 Å². The quantitative estimate of drug-likeness (QED) is 0.777. The predicted molar refractivity (Wildman–Crippen MR) is 99.2 cm³/mol. The largest absolute Gasteiger partial charge is 0.334 e. The number of rotatable bonds is 6. The van der Waals surface area contributed by atoms with E-state index < -0.39 is 0 Å². The zero-order chi connectivity index (χ0) is 17.4. The lowest BCUT2D eigenvalue weighted by Crippen LogP contribution is -2.45. The van der Waals surface area contributed by atoms with E-state index in [1.54, 1.807) is 11.3 Å². The number of carbonyl (C=O) groups excluding carboxylic acids is 2. The van der Waals surface area contributed by atoms with Gasteiger partial charge in [-0.15, -0.1) is 0 Å². The molecule has 1 aliphatic heterocycles. The molecule has 0 bridgehead atoms. The maximum absolute atomic E-state index is 13.1. The van der Waals surface area contributed by atoms with E-state index in [2.05, 4.69) is 28.7 Å². The summed E-state index contributed by atoms with van der Waals surface area (Å²) in [5.74, 6) is 0.990. The van der Waals surface area contributed by atoms with Crippen molar-refractivity contribution in [3.63, 3.8) is 0 Å². The number of amides is 2. The molecule has 25 heavy (non-hydrogen) atoms. The van der Waals surface area contributed by atoms with Crippen LogP contribution < -0.4 is 0 Å². The van der Waals surface area contributed by atoms with Gasteiger partial charge in [0.05, 0.1) is 6.54 Å². The summed E-state index contributed by atoms with van der Waals surface area (Å²) in [4.78, 5) is 29.4. The zero-order valence-electron chi connectivity index (χ0n) is 15.1. The van der Waals surface area contributed by atoms with Crippen molar-refractivity contribution in [3.8, 4) is 0 Å². The Hall–Kier alpha value is -1.36. The average Bonchev–Trinajstić information content (AvgIpc) is 2.96. The molecule has 0 N–H and O–H groups in total. The summed E-state index contributed by atoms with van der Waals surface area (Å²) in [6.45, 7) is 3.95. The molecule has 1 saturated heterocycles. The Morgan fingerprint density at radius 2 is 2.08 bits per heavy atom. The normalized spacial score (nSPS) is 27.2. The maximum atomic E-state index is 13.1. The van der Waals surface area contributed by atoms with E-state index in [0.29, 0.717) is 24.9 Å². The van der Waals surface area contributed by atoms with E-state index >= 15 is 0 Å². The highest BCUT2D eigenvalue weighted by atomic mass is 32.1. The highest BCUT2D eigenvalue weighted by Gasteiger charge is 2.49. The molecule has 0 aromatic carbocycles. The van der Waals surface area contributed by atoms with E-state index in [9.17, 15) is 9.59 Å². The fourth-order valence-corrected chi connectivity index (χ4v) is 5.37. The van der Waals surface area contributed by atoms with Gasteiger partial charge >= 0.3 is 0 Å². The van der Waals surface area contributed by atoms with Gasteiger partial charge < -0.3 is 9.80 Å². The molecule has 0 spiro atoms. The number of thiophene rings is 1. The minimum atomic E-state index is 0.100. The van der Waals surface area contributed by atoms with E-state index in [1.807, 2.05) is 4.90 Å². The number of nitrogens with zero attached hydrogens (tertiary/aromatic N) is 2. The lowest BCUT2D eigenvalue weighted by atomic mass is 9.84. The zero-order valence-corrected chi connectivity index (χ0v) is 15.9. The van der Waals surface area contributed by atoms with Gasteiger partial charge in [0, 0.05) is 25.6 Å². The van der Waals surface area contributed by atoms with E-state index in [0.717, 1.165) is 19.4 Å². The monoisotopic (exact) mass is 360 g/mol. The molecule has 1 aromatic heterocycles. The molecule has 5 heteroatoms. The number of likely N-dealkylation sites (tertiary alicyclic amines) is 1. The molecule has 2 aliphatic carbocycles. The first-order valence-corrected chi connectivity index (χ1v) is 10.6. The molecular weight excluding hydrogens is 332 g/mol. The third-order valence-corrected chi connectivity index (χ3v) is 7.10. The summed E-state index contributed by atoms with van der Waals surface area (Å²) in [5, 5.41) is 4.19. The summed E-state index contributed by atoms with van der Waals surface area (Å²) in [6, 6.07) is 2.45. The number of hydrogen-bond acceptors (Lipinski definition) is 3. The van der Waals surface area contributed by atoms with Gasteiger partial charge in [0.1, 0.15) is 0 Å². The highest BCUT2D eigenvalue weighted by Crippen LogP contribution is 2.50. The lowest BCUT2D eigenvalue weighted by molar-refractivity contribution is -0.140. The smallest absolute Gasteiger partial charge is 0.242 e. The fraction of sp³-hybridized carbons (Fsp3) is 0.700. The van der Waals surface area contributed by atoms with Gasteiger partial charge in [-0.3, -0.25) is 9.59 Å². The van der Waals surface area contributed by atoms with Crippen molar-refractivity contribution in [2.24, 2.45) is 11.3 Å². The molecular formula is C20H28N2O2S. The van der Waals surface area contributed by atoms with Crippen molar-refractivity contribution in [1.82, 2.24) is 9.80 Å². The topological polar surface area (TPSA) is 40.6 Å². The first-order valence-electron chi connectivity index (χ1n) is 9.63. The second-order valence-electron chi connectivity index (χ2n) is 8.45. The van der Waals surface area contributed by atoms with Crippen LogP contribution in [0.2, 0.25) is 0 Å². The minimum Gasteiger partial charge on any atom is -0.334 e. The van der Waals surface area contributed by atoms with Crippen molar-refractivity contribution >= 4 is 23.2 Å². The van der Waals surface area contributed by atoms with Crippen LogP contribution in [0.3, 0.4) is 0 Å². The Bertz CT molecular complexity index is 634. The second-order valence-corrected chi connectivity index (χ2v) is 9.23. The summed E-state index contributed by atoms with van der Waals surface area (Å²) < 4.78 is 0. The van der Waals surface area contributed by atoms with Gasteiger partial charge in [0.15, 0.2) is 0 Å². The lowest BCUT2D eigenvalue weighted by Gasteiger charge is -2.31. The van der Waals surface area contributed by atoms with Gasteiger partial charge in [-0.05, 0) is 59.4 Å². The number of carbonyl (C=O) groups is 2. The molecule has 3 fully saturated rings. The minimum absolute atomic E-state index is 0.100. The van der Waals surface area contributed by atoms with Crippen LogP contribution in [0, 0.1) is 11.3 Å². The Labute approximate surface area is 154 Å². The SMILES string of the molecule is C[C@@]1(C2CC2)CC(=O)N(CC(=O)N(Cc2ccsc2)C2CCCC2)C1. The van der Waals surface area contributed by atoms with Crippen LogP contribution >= 0.6 is 11.3 Å². The summed E-state index contributed by atoms with van der Waals surface area (Å²) in [7, 11) is 0.